The van der Waals surface area contributed by atoms with Gasteiger partial charge >= 0.3 is 10.2 Å². The van der Waals surface area contributed by atoms with Crippen molar-refractivity contribution in [2.45, 2.75) is 6.92 Å². The fourth-order valence-corrected chi connectivity index (χ4v) is 3.30. The van der Waals surface area contributed by atoms with Gasteiger partial charge in [0.15, 0.2) is 5.82 Å². The Morgan fingerprint density at radius 1 is 1.05 bits per heavy atom. The van der Waals surface area contributed by atoms with Gasteiger partial charge in [-0.2, -0.15) is 12.7 Å². The lowest BCUT2D eigenvalue weighted by atomic mass is 10.2. The van der Waals surface area contributed by atoms with E-state index in [1.807, 2.05) is 0 Å². The number of hydrogen-bond acceptors (Lipinski definition) is 2. The molecule has 0 radical (unpaired) electrons. The van der Waals surface area contributed by atoms with Gasteiger partial charge in [-0.05, 0) is 24.3 Å². The quantitative estimate of drug-likeness (QED) is 0.846. The molecule has 0 aliphatic carbocycles. The Morgan fingerprint density at radius 2 is 1.68 bits per heavy atom. The molecule has 0 spiro atoms. The van der Waals surface area contributed by atoms with Crippen molar-refractivity contribution in [3.05, 3.63) is 60.2 Å². The van der Waals surface area contributed by atoms with E-state index >= 15 is 0 Å². The molecule has 0 N–H and O–H groups in total. The number of anilines is 2. The molecule has 7 heteroatoms. The smallest absolute Gasteiger partial charge is 0.223 e. The van der Waals surface area contributed by atoms with E-state index in [2.05, 4.69) is 0 Å². The van der Waals surface area contributed by atoms with Gasteiger partial charge in [-0.3, -0.25) is 0 Å². The predicted molar refractivity (Wildman–Crippen MR) is 82.2 cm³/mol. The van der Waals surface area contributed by atoms with E-state index in [0.717, 1.165) is 20.7 Å². The fourth-order valence-electron chi connectivity index (χ4n) is 1.91. The van der Waals surface area contributed by atoms with E-state index in [0.29, 0.717) is 6.07 Å². The normalized spacial score (nSPS) is 11.7. The van der Waals surface area contributed by atoms with Crippen molar-refractivity contribution in [3.63, 3.8) is 0 Å². The molecule has 2 aromatic rings. The summed E-state index contributed by atoms with van der Waals surface area (Å²) in [6.07, 6.45) is 0. The van der Waals surface area contributed by atoms with Crippen LogP contribution < -0.4 is 4.31 Å². The molecule has 0 fully saturated rings. The summed E-state index contributed by atoms with van der Waals surface area (Å²) in [4.78, 5) is 0. The second kappa shape index (κ2) is 6.41. The summed E-state index contributed by atoms with van der Waals surface area (Å²) in [6, 6.07) is 10.9. The van der Waals surface area contributed by atoms with Crippen molar-refractivity contribution in [2.75, 3.05) is 17.9 Å². The monoisotopic (exact) mass is 326 g/mol. The molecular weight excluding hydrogens is 310 g/mol. The van der Waals surface area contributed by atoms with Crippen LogP contribution in [-0.4, -0.2) is 26.3 Å². The lowest BCUT2D eigenvalue weighted by Gasteiger charge is -2.29. The van der Waals surface area contributed by atoms with Gasteiger partial charge in [-0.25, -0.2) is 13.1 Å². The Morgan fingerprint density at radius 3 is 2.23 bits per heavy atom. The highest BCUT2D eigenvalue weighted by molar-refractivity contribution is 7.90. The van der Waals surface area contributed by atoms with E-state index in [4.69, 9.17) is 0 Å². The molecule has 2 rings (SSSR count). The van der Waals surface area contributed by atoms with Crippen LogP contribution in [-0.2, 0) is 10.2 Å². The SMILES string of the molecule is CCN(C)S(=O)(=O)N(c1ccccc1)c1ccc(F)cc1F. The van der Waals surface area contributed by atoms with Gasteiger partial charge in [0.05, 0.1) is 11.4 Å². The number of para-hydroxylation sites is 1. The molecule has 0 heterocycles. The number of nitrogens with zero attached hydrogens (tertiary/aromatic N) is 2. The Bertz CT molecular complexity index is 751. The van der Waals surface area contributed by atoms with Crippen LogP contribution in [0, 0.1) is 11.6 Å². The van der Waals surface area contributed by atoms with Crippen LogP contribution >= 0.6 is 0 Å². The number of hydrogen-bond donors (Lipinski definition) is 0. The highest BCUT2D eigenvalue weighted by Crippen LogP contribution is 2.32. The van der Waals surface area contributed by atoms with Gasteiger partial charge in [0.2, 0.25) is 0 Å². The molecule has 0 amide bonds. The summed E-state index contributed by atoms with van der Waals surface area (Å²) < 4.78 is 54.6. The van der Waals surface area contributed by atoms with Crippen LogP contribution in [0.4, 0.5) is 20.2 Å². The Balaban J connectivity index is 2.66. The van der Waals surface area contributed by atoms with Crippen LogP contribution in [0.2, 0.25) is 0 Å². The third kappa shape index (κ3) is 3.10. The minimum atomic E-state index is -3.99. The third-order valence-electron chi connectivity index (χ3n) is 3.19. The minimum absolute atomic E-state index is 0.217. The zero-order valence-corrected chi connectivity index (χ0v) is 13.0. The Hall–Kier alpha value is -1.99. The second-order valence-corrected chi connectivity index (χ2v) is 6.50. The largest absolute Gasteiger partial charge is 0.308 e. The molecule has 0 aliphatic heterocycles. The van der Waals surface area contributed by atoms with Crippen LogP contribution in [0.5, 0.6) is 0 Å². The van der Waals surface area contributed by atoms with Crippen LogP contribution in [0.3, 0.4) is 0 Å². The minimum Gasteiger partial charge on any atom is -0.223 e. The van der Waals surface area contributed by atoms with Gasteiger partial charge in [0, 0.05) is 19.7 Å². The maximum Gasteiger partial charge on any atom is 0.308 e. The lowest BCUT2D eigenvalue weighted by Crippen LogP contribution is -2.39. The van der Waals surface area contributed by atoms with E-state index in [9.17, 15) is 17.2 Å². The van der Waals surface area contributed by atoms with Crippen molar-refractivity contribution < 1.29 is 17.2 Å². The summed E-state index contributed by atoms with van der Waals surface area (Å²) in [6.45, 7) is 1.89. The topological polar surface area (TPSA) is 40.6 Å². The van der Waals surface area contributed by atoms with E-state index < -0.39 is 21.8 Å². The molecule has 118 valence electrons. The number of benzene rings is 2. The molecule has 22 heavy (non-hydrogen) atoms. The van der Waals surface area contributed by atoms with Crippen molar-refractivity contribution in [2.24, 2.45) is 0 Å². The van der Waals surface area contributed by atoms with Gasteiger partial charge in [-0.15, -0.1) is 0 Å². The molecule has 0 bridgehead atoms. The Kier molecular flexibility index (Phi) is 4.77. The van der Waals surface area contributed by atoms with Crippen LogP contribution in [0.25, 0.3) is 0 Å². The zero-order valence-electron chi connectivity index (χ0n) is 12.2. The maximum atomic E-state index is 14.1. The Labute approximate surface area is 128 Å². The summed E-state index contributed by atoms with van der Waals surface area (Å²) >= 11 is 0. The van der Waals surface area contributed by atoms with Gasteiger partial charge in [-0.1, -0.05) is 25.1 Å². The van der Waals surface area contributed by atoms with Gasteiger partial charge < -0.3 is 0 Å². The maximum absolute atomic E-state index is 14.1. The van der Waals surface area contributed by atoms with E-state index in [1.165, 1.54) is 7.05 Å². The molecule has 2 aromatic carbocycles. The molecule has 0 aliphatic rings. The standard InChI is InChI=1S/C15H16F2N2O2S/c1-3-18(2)22(20,21)19(13-7-5-4-6-8-13)15-10-9-12(16)11-14(15)17/h4-11H,3H2,1-2H3. The van der Waals surface area contributed by atoms with Crippen LogP contribution in [0.15, 0.2) is 48.5 Å². The molecule has 0 saturated heterocycles. The van der Waals surface area contributed by atoms with Gasteiger partial charge in [0.1, 0.15) is 5.82 Å². The first-order valence-electron chi connectivity index (χ1n) is 6.64. The average molecular weight is 326 g/mol. The fraction of sp³-hybridized carbons (Fsp3) is 0.200. The molecule has 0 saturated carbocycles. The molecule has 0 unspecified atom stereocenters. The molecule has 0 atom stereocenters. The summed E-state index contributed by atoms with van der Waals surface area (Å²) in [5, 5.41) is 0. The highest BCUT2D eigenvalue weighted by Gasteiger charge is 2.30. The van der Waals surface area contributed by atoms with Crippen LogP contribution in [0.1, 0.15) is 6.92 Å². The first-order valence-corrected chi connectivity index (χ1v) is 8.04. The van der Waals surface area contributed by atoms with Gasteiger partial charge in [0.25, 0.3) is 0 Å². The van der Waals surface area contributed by atoms with Crippen molar-refractivity contribution in [1.82, 2.24) is 4.31 Å². The zero-order chi connectivity index (χ0) is 16.3. The first kappa shape index (κ1) is 16.4. The van der Waals surface area contributed by atoms with Crippen molar-refractivity contribution >= 4 is 21.6 Å². The van der Waals surface area contributed by atoms with Crippen molar-refractivity contribution in [3.8, 4) is 0 Å². The number of halogens is 2. The second-order valence-electron chi connectivity index (χ2n) is 4.62. The first-order chi connectivity index (χ1) is 10.4. The molecule has 0 aromatic heterocycles. The third-order valence-corrected chi connectivity index (χ3v) is 5.10. The summed E-state index contributed by atoms with van der Waals surface area (Å²) in [5.41, 5.74) is 0.0428. The average Bonchev–Trinajstić information content (AvgIpc) is 2.49. The summed E-state index contributed by atoms with van der Waals surface area (Å²) in [5.74, 6) is -1.72. The lowest BCUT2D eigenvalue weighted by molar-refractivity contribution is 0.485. The van der Waals surface area contributed by atoms with E-state index in [1.54, 1.807) is 37.3 Å². The summed E-state index contributed by atoms with van der Waals surface area (Å²) in [7, 11) is -2.59. The number of rotatable bonds is 5. The molecular formula is C15H16F2N2O2S. The van der Waals surface area contributed by atoms with E-state index in [-0.39, 0.29) is 17.9 Å². The predicted octanol–water partition coefficient (Wildman–Crippen LogP) is 3.30. The van der Waals surface area contributed by atoms with Crippen molar-refractivity contribution in [1.29, 1.82) is 0 Å². The molecule has 4 nitrogen and oxygen atoms in total. The highest BCUT2D eigenvalue weighted by atomic mass is 32.2.